The molecular weight excluding hydrogens is 178 g/mol. The van der Waals surface area contributed by atoms with Crippen molar-refractivity contribution >= 4 is 5.78 Å². The molecule has 1 saturated heterocycles. The van der Waals surface area contributed by atoms with Crippen LogP contribution in [0.5, 0.6) is 0 Å². The molecule has 1 N–H and O–H groups in total. The van der Waals surface area contributed by atoms with Crippen LogP contribution in [0.2, 0.25) is 0 Å². The highest BCUT2D eigenvalue weighted by atomic mass is 16.3. The standard InChI is InChI=1S/C11H21NO2/c1-9(13)10(2,3)7-12-6-5-11(4,14)8-12/h14H,5-8H2,1-4H3. The number of β-amino-alcohol motifs (C(OH)–C–C–N with tert-alkyl or cyclic N) is 1. The van der Waals surface area contributed by atoms with Crippen LogP contribution in [0.15, 0.2) is 0 Å². The molecule has 0 saturated carbocycles. The Kier molecular flexibility index (Phi) is 3.02. The fourth-order valence-electron chi connectivity index (χ4n) is 1.84. The summed E-state index contributed by atoms with van der Waals surface area (Å²) in [6.45, 7) is 9.73. The molecule has 0 amide bonds. The molecule has 0 radical (unpaired) electrons. The van der Waals surface area contributed by atoms with Crippen LogP contribution in [0.25, 0.3) is 0 Å². The van der Waals surface area contributed by atoms with E-state index in [-0.39, 0.29) is 11.2 Å². The third kappa shape index (κ3) is 2.79. The summed E-state index contributed by atoms with van der Waals surface area (Å²) >= 11 is 0. The molecule has 82 valence electrons. The molecule has 1 aliphatic rings. The summed E-state index contributed by atoms with van der Waals surface area (Å²) in [6.07, 6.45) is 0.807. The van der Waals surface area contributed by atoms with Gasteiger partial charge in [-0.3, -0.25) is 9.69 Å². The molecule has 0 bridgehead atoms. The minimum Gasteiger partial charge on any atom is -0.389 e. The second kappa shape index (κ2) is 3.63. The molecule has 1 heterocycles. The van der Waals surface area contributed by atoms with Gasteiger partial charge in [-0.1, -0.05) is 13.8 Å². The lowest BCUT2D eigenvalue weighted by molar-refractivity contribution is -0.125. The summed E-state index contributed by atoms with van der Waals surface area (Å²) in [6, 6.07) is 0. The number of likely N-dealkylation sites (tertiary alicyclic amines) is 1. The van der Waals surface area contributed by atoms with Gasteiger partial charge >= 0.3 is 0 Å². The summed E-state index contributed by atoms with van der Waals surface area (Å²) in [5.74, 6) is 0.212. The lowest BCUT2D eigenvalue weighted by atomic mass is 9.88. The zero-order valence-corrected chi connectivity index (χ0v) is 9.63. The SMILES string of the molecule is CC(=O)C(C)(C)CN1CCC(C)(O)C1. The lowest BCUT2D eigenvalue weighted by Gasteiger charge is -2.28. The third-order valence-corrected chi connectivity index (χ3v) is 3.10. The van der Waals surface area contributed by atoms with Crippen molar-refractivity contribution in [1.82, 2.24) is 4.90 Å². The first-order chi connectivity index (χ1) is 6.23. The van der Waals surface area contributed by atoms with E-state index in [4.69, 9.17) is 0 Å². The van der Waals surface area contributed by atoms with E-state index in [1.165, 1.54) is 0 Å². The number of carbonyl (C=O) groups is 1. The van der Waals surface area contributed by atoms with Gasteiger partial charge in [0.05, 0.1) is 5.60 Å². The third-order valence-electron chi connectivity index (χ3n) is 3.10. The van der Waals surface area contributed by atoms with Crippen molar-refractivity contribution in [2.24, 2.45) is 5.41 Å². The first-order valence-electron chi connectivity index (χ1n) is 5.19. The van der Waals surface area contributed by atoms with E-state index in [1.807, 2.05) is 20.8 Å². The zero-order chi connectivity index (χ0) is 11.0. The highest BCUT2D eigenvalue weighted by Gasteiger charge is 2.35. The number of rotatable bonds is 3. The predicted molar refractivity (Wildman–Crippen MR) is 56.1 cm³/mol. The van der Waals surface area contributed by atoms with E-state index < -0.39 is 5.60 Å². The zero-order valence-electron chi connectivity index (χ0n) is 9.63. The topological polar surface area (TPSA) is 40.5 Å². The first kappa shape index (κ1) is 11.7. The summed E-state index contributed by atoms with van der Waals surface area (Å²) in [4.78, 5) is 13.5. The second-order valence-electron chi connectivity index (χ2n) is 5.40. The lowest BCUT2D eigenvalue weighted by Crippen LogP contribution is -2.39. The fraction of sp³-hybridized carbons (Fsp3) is 0.909. The number of aliphatic hydroxyl groups is 1. The quantitative estimate of drug-likeness (QED) is 0.739. The van der Waals surface area contributed by atoms with E-state index >= 15 is 0 Å². The van der Waals surface area contributed by atoms with Crippen molar-refractivity contribution in [1.29, 1.82) is 0 Å². The molecule has 0 aromatic heterocycles. The average molecular weight is 199 g/mol. The Morgan fingerprint density at radius 2 is 2.14 bits per heavy atom. The van der Waals surface area contributed by atoms with Crippen molar-refractivity contribution in [3.63, 3.8) is 0 Å². The number of hydrogen-bond acceptors (Lipinski definition) is 3. The monoisotopic (exact) mass is 199 g/mol. The van der Waals surface area contributed by atoms with Crippen molar-refractivity contribution in [3.05, 3.63) is 0 Å². The molecule has 1 aliphatic heterocycles. The molecule has 14 heavy (non-hydrogen) atoms. The minimum absolute atomic E-state index is 0.212. The van der Waals surface area contributed by atoms with Gasteiger partial charge in [0.2, 0.25) is 0 Å². The van der Waals surface area contributed by atoms with E-state index in [2.05, 4.69) is 4.90 Å². The molecule has 3 nitrogen and oxygen atoms in total. The second-order valence-corrected chi connectivity index (χ2v) is 5.40. The van der Waals surface area contributed by atoms with E-state index in [0.29, 0.717) is 6.54 Å². The Labute approximate surface area is 86.1 Å². The molecule has 0 aromatic carbocycles. The molecular formula is C11H21NO2. The van der Waals surface area contributed by atoms with Crippen molar-refractivity contribution < 1.29 is 9.90 Å². The smallest absolute Gasteiger partial charge is 0.136 e. The van der Waals surface area contributed by atoms with Gasteiger partial charge < -0.3 is 5.11 Å². The van der Waals surface area contributed by atoms with Crippen molar-refractivity contribution in [2.75, 3.05) is 19.6 Å². The highest BCUT2D eigenvalue weighted by Crippen LogP contribution is 2.25. The number of ketones is 1. The molecule has 0 aliphatic carbocycles. The van der Waals surface area contributed by atoms with E-state index in [0.717, 1.165) is 19.5 Å². The van der Waals surface area contributed by atoms with Crippen LogP contribution in [0.3, 0.4) is 0 Å². The van der Waals surface area contributed by atoms with E-state index in [9.17, 15) is 9.90 Å². The summed E-state index contributed by atoms with van der Waals surface area (Å²) in [5, 5.41) is 9.77. The predicted octanol–water partition coefficient (Wildman–Crippen LogP) is 1.06. The van der Waals surface area contributed by atoms with Gasteiger partial charge in [0.15, 0.2) is 0 Å². The Morgan fingerprint density at radius 3 is 2.50 bits per heavy atom. The maximum Gasteiger partial charge on any atom is 0.136 e. The minimum atomic E-state index is -0.563. The molecule has 1 fully saturated rings. The van der Waals surface area contributed by atoms with Crippen molar-refractivity contribution in [3.8, 4) is 0 Å². The summed E-state index contributed by atoms with van der Waals surface area (Å²) in [7, 11) is 0. The maximum absolute atomic E-state index is 11.3. The highest BCUT2D eigenvalue weighted by molar-refractivity contribution is 5.81. The van der Waals surface area contributed by atoms with Crippen LogP contribution < -0.4 is 0 Å². The Bertz CT molecular complexity index is 233. The number of nitrogens with zero attached hydrogens (tertiary/aromatic N) is 1. The van der Waals surface area contributed by atoms with Gasteiger partial charge in [0, 0.05) is 25.0 Å². The number of hydrogen-bond donors (Lipinski definition) is 1. The van der Waals surface area contributed by atoms with Crippen LogP contribution in [-0.2, 0) is 4.79 Å². The van der Waals surface area contributed by atoms with Gasteiger partial charge in [0.25, 0.3) is 0 Å². The molecule has 1 rings (SSSR count). The van der Waals surface area contributed by atoms with Gasteiger partial charge in [-0.15, -0.1) is 0 Å². The van der Waals surface area contributed by atoms with Gasteiger partial charge in [-0.2, -0.15) is 0 Å². The Balaban J connectivity index is 2.51. The van der Waals surface area contributed by atoms with E-state index in [1.54, 1.807) is 6.92 Å². The van der Waals surface area contributed by atoms with Gasteiger partial charge in [-0.05, 0) is 20.3 Å². The molecule has 1 atom stereocenters. The average Bonchev–Trinajstić information content (AvgIpc) is 2.28. The largest absolute Gasteiger partial charge is 0.389 e. The van der Waals surface area contributed by atoms with Crippen LogP contribution in [0.4, 0.5) is 0 Å². The maximum atomic E-state index is 11.3. The Hall–Kier alpha value is -0.410. The van der Waals surface area contributed by atoms with Crippen molar-refractivity contribution in [2.45, 2.75) is 39.7 Å². The van der Waals surface area contributed by atoms with Crippen LogP contribution in [0.1, 0.15) is 34.1 Å². The number of carbonyl (C=O) groups excluding carboxylic acids is 1. The van der Waals surface area contributed by atoms with Crippen LogP contribution in [0, 0.1) is 5.41 Å². The first-order valence-corrected chi connectivity index (χ1v) is 5.19. The summed E-state index contributed by atoms with van der Waals surface area (Å²) in [5.41, 5.74) is -0.854. The van der Waals surface area contributed by atoms with Crippen LogP contribution >= 0.6 is 0 Å². The van der Waals surface area contributed by atoms with Gasteiger partial charge in [0.1, 0.15) is 5.78 Å². The number of Topliss-reactive ketones (excluding diaryl/α,β-unsaturated/α-hetero) is 1. The molecule has 3 heteroatoms. The molecule has 0 spiro atoms. The Morgan fingerprint density at radius 1 is 1.57 bits per heavy atom. The molecule has 1 unspecified atom stereocenters. The van der Waals surface area contributed by atoms with Crippen LogP contribution in [-0.4, -0.2) is 41.0 Å². The van der Waals surface area contributed by atoms with Gasteiger partial charge in [-0.25, -0.2) is 0 Å². The molecule has 0 aromatic rings. The summed E-state index contributed by atoms with van der Waals surface area (Å²) < 4.78 is 0. The fourth-order valence-corrected chi connectivity index (χ4v) is 1.84. The normalized spacial score (nSPS) is 29.5.